The molecular formula is C29H32FN3O4. The second kappa shape index (κ2) is 8.65. The van der Waals surface area contributed by atoms with Gasteiger partial charge in [0.25, 0.3) is 11.8 Å². The number of ether oxygens (including phenoxy) is 1. The van der Waals surface area contributed by atoms with E-state index in [0.29, 0.717) is 37.3 Å². The summed E-state index contributed by atoms with van der Waals surface area (Å²) in [7, 11) is 0. The van der Waals surface area contributed by atoms with Crippen molar-refractivity contribution >= 4 is 22.9 Å². The molecule has 0 N–H and O–H groups in total. The first-order valence-corrected chi connectivity index (χ1v) is 13.1. The Kier molecular flexibility index (Phi) is 5.64. The lowest BCUT2D eigenvalue weighted by atomic mass is 9.96. The van der Waals surface area contributed by atoms with Gasteiger partial charge in [0.1, 0.15) is 17.4 Å². The van der Waals surface area contributed by atoms with Gasteiger partial charge >= 0.3 is 0 Å². The monoisotopic (exact) mass is 505 g/mol. The van der Waals surface area contributed by atoms with Gasteiger partial charge in [-0.05, 0) is 75.3 Å². The van der Waals surface area contributed by atoms with Gasteiger partial charge in [-0.1, -0.05) is 6.92 Å². The number of aromatic nitrogens is 1. The molecule has 194 valence electrons. The minimum Gasteiger partial charge on any atom is -0.449 e. The Bertz CT molecular complexity index is 1370. The highest BCUT2D eigenvalue weighted by molar-refractivity contribution is 5.97. The van der Waals surface area contributed by atoms with Crippen molar-refractivity contribution in [3.05, 3.63) is 53.5 Å². The number of rotatable bonds is 4. The van der Waals surface area contributed by atoms with Crippen molar-refractivity contribution in [2.75, 3.05) is 26.2 Å². The molecule has 0 radical (unpaired) electrons. The molecule has 4 heterocycles. The average molecular weight is 506 g/mol. The molecule has 1 atom stereocenters. The normalized spacial score (nSPS) is 22.4. The van der Waals surface area contributed by atoms with Crippen molar-refractivity contribution < 1.29 is 23.1 Å². The average Bonchev–Trinajstić information content (AvgIpc) is 3.26. The van der Waals surface area contributed by atoms with Crippen LogP contribution in [0.5, 0.6) is 0 Å². The number of carbonyl (C=O) groups is 2. The third-order valence-electron chi connectivity index (χ3n) is 8.14. The highest BCUT2D eigenvalue weighted by Crippen LogP contribution is 2.50. The largest absolute Gasteiger partial charge is 0.449 e. The van der Waals surface area contributed by atoms with E-state index in [9.17, 15) is 14.0 Å². The number of benzene rings is 1. The quantitative estimate of drug-likeness (QED) is 0.503. The van der Waals surface area contributed by atoms with E-state index in [1.165, 1.54) is 12.1 Å². The minimum atomic E-state index is -0.569. The van der Waals surface area contributed by atoms with E-state index in [1.807, 2.05) is 24.8 Å². The van der Waals surface area contributed by atoms with Gasteiger partial charge in [0, 0.05) is 43.4 Å². The lowest BCUT2D eigenvalue weighted by Crippen LogP contribution is -2.63. The Balaban J connectivity index is 1.30. The second-order valence-electron chi connectivity index (χ2n) is 11.5. The maximum atomic E-state index is 13.7. The van der Waals surface area contributed by atoms with E-state index in [-0.39, 0.29) is 34.9 Å². The molecule has 3 fully saturated rings. The molecule has 8 heteroatoms. The molecule has 37 heavy (non-hydrogen) atoms. The number of pyridine rings is 1. The number of halogens is 1. The zero-order chi connectivity index (χ0) is 25.9. The fraction of sp³-hybridized carbons (Fsp3) is 0.483. The van der Waals surface area contributed by atoms with Crippen LogP contribution in [0.25, 0.3) is 22.4 Å². The fourth-order valence-corrected chi connectivity index (χ4v) is 5.63. The molecule has 6 rings (SSSR count). The molecule has 1 aromatic carbocycles. The predicted octanol–water partition coefficient (Wildman–Crippen LogP) is 4.93. The van der Waals surface area contributed by atoms with Gasteiger partial charge in [0.05, 0.1) is 11.2 Å². The van der Waals surface area contributed by atoms with Gasteiger partial charge < -0.3 is 19.0 Å². The van der Waals surface area contributed by atoms with Crippen LogP contribution < -0.4 is 0 Å². The SMILES string of the molecule is CC1(c2cc(-c3ccc(F)cc3)nc3cc(C(=O)N4CCN(C(=O)[C@H]5CCCO5)CC4(C)C)oc23)CC1. The number of piperazine rings is 1. The molecule has 2 aromatic heterocycles. The smallest absolute Gasteiger partial charge is 0.290 e. The molecular weight excluding hydrogens is 473 g/mol. The van der Waals surface area contributed by atoms with E-state index < -0.39 is 5.54 Å². The molecule has 2 amide bonds. The van der Waals surface area contributed by atoms with E-state index >= 15 is 0 Å². The third kappa shape index (κ3) is 4.31. The van der Waals surface area contributed by atoms with Gasteiger partial charge in [-0.25, -0.2) is 9.37 Å². The minimum absolute atomic E-state index is 0.0150. The first-order valence-electron chi connectivity index (χ1n) is 13.1. The summed E-state index contributed by atoms with van der Waals surface area (Å²) in [6.45, 7) is 8.09. The highest BCUT2D eigenvalue weighted by atomic mass is 19.1. The molecule has 2 saturated heterocycles. The summed E-state index contributed by atoms with van der Waals surface area (Å²) >= 11 is 0. The van der Waals surface area contributed by atoms with Crippen LogP contribution in [0.3, 0.4) is 0 Å². The van der Waals surface area contributed by atoms with Crippen molar-refractivity contribution in [1.29, 1.82) is 0 Å². The Morgan fingerprint density at radius 1 is 1.08 bits per heavy atom. The Morgan fingerprint density at radius 2 is 1.84 bits per heavy atom. The first kappa shape index (κ1) is 24.1. The van der Waals surface area contributed by atoms with Crippen LogP contribution in [0.1, 0.15) is 62.6 Å². The van der Waals surface area contributed by atoms with Crippen LogP contribution in [-0.4, -0.2) is 64.5 Å². The van der Waals surface area contributed by atoms with Crippen molar-refractivity contribution in [3.8, 4) is 11.3 Å². The standard InChI is InChI=1S/C29H32FN3O4/c1-28(2)17-32(26(34)23-5-4-14-36-23)12-13-33(28)27(35)24-16-22-25(37-24)20(29(3)10-11-29)15-21(31-22)18-6-8-19(30)9-7-18/h6-9,15-16,23H,4-5,10-14,17H2,1-3H3/t23-/m1/s1. The first-order chi connectivity index (χ1) is 17.6. The zero-order valence-electron chi connectivity index (χ0n) is 21.6. The number of nitrogens with zero attached hydrogens (tertiary/aromatic N) is 3. The molecule has 0 spiro atoms. The molecule has 0 unspecified atom stereocenters. The molecule has 7 nitrogen and oxygen atoms in total. The summed E-state index contributed by atoms with van der Waals surface area (Å²) in [5.74, 6) is -0.240. The van der Waals surface area contributed by atoms with Crippen LogP contribution >= 0.6 is 0 Å². The lowest BCUT2D eigenvalue weighted by molar-refractivity contribution is -0.145. The van der Waals surface area contributed by atoms with Crippen molar-refractivity contribution in [3.63, 3.8) is 0 Å². The molecule has 2 aliphatic heterocycles. The molecule has 3 aromatic rings. The van der Waals surface area contributed by atoms with Crippen molar-refractivity contribution in [1.82, 2.24) is 14.8 Å². The van der Waals surface area contributed by atoms with Gasteiger partial charge in [-0.2, -0.15) is 0 Å². The van der Waals surface area contributed by atoms with Crippen LogP contribution in [-0.2, 0) is 14.9 Å². The maximum Gasteiger partial charge on any atom is 0.290 e. The fourth-order valence-electron chi connectivity index (χ4n) is 5.63. The summed E-state index contributed by atoms with van der Waals surface area (Å²) in [5.41, 5.74) is 3.25. The summed E-state index contributed by atoms with van der Waals surface area (Å²) in [6, 6.07) is 10.0. The topological polar surface area (TPSA) is 75.9 Å². The predicted molar refractivity (Wildman–Crippen MR) is 137 cm³/mol. The van der Waals surface area contributed by atoms with Crippen LogP contribution in [0, 0.1) is 5.82 Å². The van der Waals surface area contributed by atoms with Gasteiger partial charge in [-0.15, -0.1) is 0 Å². The molecule has 1 saturated carbocycles. The number of furan rings is 1. The van der Waals surface area contributed by atoms with Crippen LogP contribution in [0.2, 0.25) is 0 Å². The molecule has 0 bridgehead atoms. The number of fused-ring (bicyclic) bond motifs is 1. The summed E-state index contributed by atoms with van der Waals surface area (Å²) in [5, 5.41) is 0. The summed E-state index contributed by atoms with van der Waals surface area (Å²) in [6.07, 6.45) is 3.37. The van der Waals surface area contributed by atoms with Gasteiger partial charge in [0.15, 0.2) is 11.3 Å². The highest BCUT2D eigenvalue weighted by Gasteiger charge is 2.44. The van der Waals surface area contributed by atoms with E-state index in [1.54, 1.807) is 23.1 Å². The van der Waals surface area contributed by atoms with Gasteiger partial charge in [0.2, 0.25) is 0 Å². The number of hydrogen-bond donors (Lipinski definition) is 0. The Morgan fingerprint density at radius 3 is 2.49 bits per heavy atom. The third-order valence-corrected chi connectivity index (χ3v) is 8.14. The van der Waals surface area contributed by atoms with Crippen LogP contribution in [0.15, 0.2) is 40.8 Å². The summed E-state index contributed by atoms with van der Waals surface area (Å²) < 4.78 is 25.3. The Labute approximate surface area is 215 Å². The van der Waals surface area contributed by atoms with Crippen molar-refractivity contribution in [2.24, 2.45) is 0 Å². The molecule has 3 aliphatic rings. The van der Waals surface area contributed by atoms with Gasteiger partial charge in [-0.3, -0.25) is 9.59 Å². The van der Waals surface area contributed by atoms with E-state index in [4.69, 9.17) is 14.1 Å². The number of amides is 2. The number of carbonyl (C=O) groups excluding carboxylic acids is 2. The maximum absolute atomic E-state index is 13.7. The number of hydrogen-bond acceptors (Lipinski definition) is 5. The lowest BCUT2D eigenvalue weighted by Gasteiger charge is -2.47. The van der Waals surface area contributed by atoms with E-state index in [0.717, 1.165) is 42.5 Å². The Hall–Kier alpha value is -3.26. The molecule has 1 aliphatic carbocycles. The summed E-state index contributed by atoms with van der Waals surface area (Å²) in [4.78, 5) is 35.0. The van der Waals surface area contributed by atoms with Crippen molar-refractivity contribution in [2.45, 2.75) is 63.5 Å². The second-order valence-corrected chi connectivity index (χ2v) is 11.5. The van der Waals surface area contributed by atoms with Crippen LogP contribution in [0.4, 0.5) is 4.39 Å². The zero-order valence-corrected chi connectivity index (χ0v) is 21.6. The van der Waals surface area contributed by atoms with E-state index in [2.05, 4.69) is 6.92 Å².